The van der Waals surface area contributed by atoms with Crippen molar-refractivity contribution >= 4 is 5.91 Å². The molecule has 1 aromatic heterocycles. The molecule has 1 amide bonds. The molecule has 0 atom stereocenters. The molecule has 0 unspecified atom stereocenters. The normalized spacial score (nSPS) is 10.3. The van der Waals surface area contributed by atoms with Gasteiger partial charge < -0.3 is 5.73 Å². The molecule has 0 aliphatic carbocycles. The monoisotopic (exact) mass is 303 g/mol. The van der Waals surface area contributed by atoms with Gasteiger partial charge in [-0.15, -0.1) is 5.10 Å². The Morgan fingerprint density at radius 1 is 1.17 bits per heavy atom. The van der Waals surface area contributed by atoms with E-state index in [0.29, 0.717) is 16.9 Å². The van der Waals surface area contributed by atoms with E-state index in [1.807, 2.05) is 31.2 Å². The Bertz CT molecular complexity index is 919. The lowest BCUT2D eigenvalue weighted by Crippen LogP contribution is -2.11. The van der Waals surface area contributed by atoms with Crippen LogP contribution in [0.1, 0.15) is 21.6 Å². The van der Waals surface area contributed by atoms with Crippen LogP contribution in [0.15, 0.2) is 48.5 Å². The van der Waals surface area contributed by atoms with Crippen molar-refractivity contribution in [1.82, 2.24) is 15.0 Å². The molecule has 2 aromatic carbocycles. The first-order valence-electron chi connectivity index (χ1n) is 6.94. The molecule has 3 rings (SSSR count). The summed E-state index contributed by atoms with van der Waals surface area (Å²) in [6.45, 7) is 1.96. The first kappa shape index (κ1) is 14.5. The fourth-order valence-electron chi connectivity index (χ4n) is 2.39. The Labute approximate surface area is 132 Å². The third-order valence-corrected chi connectivity index (χ3v) is 3.57. The summed E-state index contributed by atoms with van der Waals surface area (Å²) in [5.74, 6) is -0.494. The average Bonchev–Trinajstić information content (AvgIpc) is 2.99. The van der Waals surface area contributed by atoms with Crippen LogP contribution in [-0.4, -0.2) is 20.9 Å². The zero-order valence-corrected chi connectivity index (χ0v) is 12.4. The highest BCUT2D eigenvalue weighted by Gasteiger charge is 2.17. The molecule has 1 heterocycles. The summed E-state index contributed by atoms with van der Waals surface area (Å²) in [7, 11) is 0. The number of primary amides is 1. The largest absolute Gasteiger partial charge is 0.366 e. The van der Waals surface area contributed by atoms with Crippen molar-refractivity contribution in [1.29, 1.82) is 5.26 Å². The van der Waals surface area contributed by atoms with E-state index < -0.39 is 5.91 Å². The number of rotatable bonds is 3. The van der Waals surface area contributed by atoms with E-state index in [9.17, 15) is 10.1 Å². The molecule has 112 valence electrons. The number of carbonyl (C=O) groups is 1. The summed E-state index contributed by atoms with van der Waals surface area (Å²) in [6.07, 6.45) is 0. The molecule has 0 radical (unpaired) electrons. The van der Waals surface area contributed by atoms with Gasteiger partial charge in [0.25, 0.3) is 0 Å². The minimum atomic E-state index is -0.494. The van der Waals surface area contributed by atoms with Crippen molar-refractivity contribution < 1.29 is 4.79 Å². The van der Waals surface area contributed by atoms with Gasteiger partial charge in [0.2, 0.25) is 5.91 Å². The van der Waals surface area contributed by atoms with Crippen molar-refractivity contribution in [3.63, 3.8) is 0 Å². The number of nitrogens with two attached hydrogens (primary N) is 1. The molecule has 0 spiro atoms. The van der Waals surface area contributed by atoms with Crippen LogP contribution >= 0.6 is 0 Å². The van der Waals surface area contributed by atoms with Gasteiger partial charge >= 0.3 is 0 Å². The maximum Gasteiger partial charge on any atom is 0.248 e. The van der Waals surface area contributed by atoms with Crippen molar-refractivity contribution in [3.05, 3.63) is 65.4 Å². The van der Waals surface area contributed by atoms with Crippen LogP contribution in [0, 0.1) is 18.3 Å². The molecular formula is C17H13N5O. The van der Waals surface area contributed by atoms with Crippen molar-refractivity contribution in [2.45, 2.75) is 6.92 Å². The van der Waals surface area contributed by atoms with Gasteiger partial charge in [-0.25, -0.2) is 4.68 Å². The number of aromatic nitrogens is 3. The van der Waals surface area contributed by atoms with E-state index in [1.54, 1.807) is 28.9 Å². The maximum absolute atomic E-state index is 11.2. The fourth-order valence-corrected chi connectivity index (χ4v) is 2.39. The van der Waals surface area contributed by atoms with Gasteiger partial charge in [-0.2, -0.15) is 5.26 Å². The molecule has 0 fully saturated rings. The summed E-state index contributed by atoms with van der Waals surface area (Å²) >= 11 is 0. The van der Waals surface area contributed by atoms with Crippen LogP contribution in [-0.2, 0) is 0 Å². The van der Waals surface area contributed by atoms with E-state index in [1.165, 1.54) is 0 Å². The highest BCUT2D eigenvalue weighted by molar-refractivity contribution is 5.92. The number of benzene rings is 2. The highest BCUT2D eigenvalue weighted by Crippen LogP contribution is 2.27. The number of hydrogen-bond acceptors (Lipinski definition) is 4. The van der Waals surface area contributed by atoms with Gasteiger partial charge in [0.15, 0.2) is 5.69 Å². The smallest absolute Gasteiger partial charge is 0.248 e. The number of nitriles is 1. The van der Waals surface area contributed by atoms with Gasteiger partial charge in [0.05, 0.1) is 5.69 Å². The molecule has 23 heavy (non-hydrogen) atoms. The van der Waals surface area contributed by atoms with Gasteiger partial charge in [0.1, 0.15) is 11.8 Å². The molecule has 0 saturated carbocycles. The summed E-state index contributed by atoms with van der Waals surface area (Å²) < 4.78 is 1.59. The third-order valence-electron chi connectivity index (χ3n) is 3.57. The van der Waals surface area contributed by atoms with Crippen LogP contribution in [0.5, 0.6) is 0 Å². The number of amides is 1. The molecule has 2 N–H and O–H groups in total. The summed E-state index contributed by atoms with van der Waals surface area (Å²) in [6, 6.07) is 16.5. The van der Waals surface area contributed by atoms with E-state index in [-0.39, 0.29) is 5.69 Å². The van der Waals surface area contributed by atoms with Crippen molar-refractivity contribution in [2.75, 3.05) is 0 Å². The number of nitrogens with zero attached hydrogens (tertiary/aromatic N) is 4. The minimum Gasteiger partial charge on any atom is -0.366 e. The predicted molar refractivity (Wildman–Crippen MR) is 84.8 cm³/mol. The van der Waals surface area contributed by atoms with Crippen LogP contribution in [0.2, 0.25) is 0 Å². The number of hydrogen-bond donors (Lipinski definition) is 1. The molecule has 6 nitrogen and oxygen atoms in total. The average molecular weight is 303 g/mol. The minimum absolute atomic E-state index is 0.248. The topological polar surface area (TPSA) is 97.6 Å². The highest BCUT2D eigenvalue weighted by atomic mass is 16.1. The first-order chi connectivity index (χ1) is 11.1. The Morgan fingerprint density at radius 2 is 1.87 bits per heavy atom. The standard InChI is InChI=1S/C17H13N5O/c1-11-4-2-3-5-14(11)16-15(10-18)20-21-22(16)13-8-6-12(7-9-13)17(19)23/h2-9H,1H3,(H2,19,23). The van der Waals surface area contributed by atoms with Gasteiger partial charge in [-0.1, -0.05) is 29.5 Å². The molecule has 6 heteroatoms. The third kappa shape index (κ3) is 2.56. The lowest BCUT2D eigenvalue weighted by Gasteiger charge is -2.09. The predicted octanol–water partition coefficient (Wildman–Crippen LogP) is 2.21. The van der Waals surface area contributed by atoms with E-state index in [4.69, 9.17) is 5.73 Å². The van der Waals surface area contributed by atoms with Gasteiger partial charge in [-0.3, -0.25) is 4.79 Å². The quantitative estimate of drug-likeness (QED) is 0.802. The lowest BCUT2D eigenvalue weighted by atomic mass is 10.0. The summed E-state index contributed by atoms with van der Waals surface area (Å²) in [5.41, 5.74) is 9.13. The van der Waals surface area contributed by atoms with E-state index in [2.05, 4.69) is 16.4 Å². The summed E-state index contributed by atoms with van der Waals surface area (Å²) in [5, 5.41) is 17.3. The fraction of sp³-hybridized carbons (Fsp3) is 0.0588. The van der Waals surface area contributed by atoms with Crippen molar-refractivity contribution in [3.8, 4) is 23.0 Å². The van der Waals surface area contributed by atoms with Crippen LogP contribution in [0.25, 0.3) is 16.9 Å². The zero-order chi connectivity index (χ0) is 16.4. The number of carbonyl (C=O) groups excluding carboxylic acids is 1. The van der Waals surface area contributed by atoms with Crippen LogP contribution < -0.4 is 5.73 Å². The van der Waals surface area contributed by atoms with Gasteiger partial charge in [-0.05, 0) is 36.8 Å². The first-order valence-corrected chi connectivity index (χ1v) is 6.94. The molecule has 0 saturated heterocycles. The zero-order valence-electron chi connectivity index (χ0n) is 12.4. The Balaban J connectivity index is 2.18. The van der Waals surface area contributed by atoms with Crippen molar-refractivity contribution in [2.24, 2.45) is 5.73 Å². The molecule has 0 aliphatic rings. The number of aryl methyl sites for hydroxylation is 1. The van der Waals surface area contributed by atoms with Crippen LogP contribution in [0.4, 0.5) is 0 Å². The van der Waals surface area contributed by atoms with Crippen LogP contribution in [0.3, 0.4) is 0 Å². The Kier molecular flexibility index (Phi) is 3.61. The Morgan fingerprint density at radius 3 is 2.48 bits per heavy atom. The lowest BCUT2D eigenvalue weighted by molar-refractivity contribution is 0.100. The molecule has 0 aliphatic heterocycles. The second-order valence-electron chi connectivity index (χ2n) is 5.04. The van der Waals surface area contributed by atoms with E-state index >= 15 is 0 Å². The second-order valence-corrected chi connectivity index (χ2v) is 5.04. The van der Waals surface area contributed by atoms with Gasteiger partial charge in [0, 0.05) is 11.1 Å². The second kappa shape index (κ2) is 5.73. The Hall–Kier alpha value is -3.46. The maximum atomic E-state index is 11.2. The molecule has 3 aromatic rings. The molecule has 0 bridgehead atoms. The molecular weight excluding hydrogens is 290 g/mol. The SMILES string of the molecule is Cc1ccccc1-c1c(C#N)nnn1-c1ccc(C(N)=O)cc1. The summed E-state index contributed by atoms with van der Waals surface area (Å²) in [4.78, 5) is 11.2. The van der Waals surface area contributed by atoms with E-state index in [0.717, 1.165) is 11.1 Å².